The zero-order chi connectivity index (χ0) is 19.2. The van der Waals surface area contributed by atoms with Crippen LogP contribution in [0, 0.1) is 37.5 Å². The maximum Gasteiger partial charge on any atom is 0.313 e. The lowest BCUT2D eigenvalue weighted by atomic mass is 9.49. The summed E-state index contributed by atoms with van der Waals surface area (Å²) in [4.78, 5) is 24.7. The number of carbonyl (C=O) groups excluding carboxylic acids is 2. The molecule has 5 heteroatoms. The largest absolute Gasteiger partial charge is 0.376 e. The molecule has 1 aromatic rings. The summed E-state index contributed by atoms with van der Waals surface area (Å²) in [5, 5.41) is 5.57. The van der Waals surface area contributed by atoms with Crippen LogP contribution in [0.3, 0.4) is 0 Å². The lowest BCUT2D eigenvalue weighted by molar-refractivity contribution is -0.188. The molecule has 27 heavy (non-hydrogen) atoms. The van der Waals surface area contributed by atoms with Crippen molar-refractivity contribution in [3.63, 3.8) is 0 Å². The number of rotatable bonds is 4. The number of aryl methyl sites for hydroxylation is 2. The third-order valence-electron chi connectivity index (χ3n) is 7.40. The summed E-state index contributed by atoms with van der Waals surface area (Å²) in [6.07, 6.45) is 6.17. The van der Waals surface area contributed by atoms with Crippen molar-refractivity contribution in [3.05, 3.63) is 29.3 Å². The van der Waals surface area contributed by atoms with Crippen LogP contribution in [0.1, 0.15) is 43.2 Å². The van der Waals surface area contributed by atoms with Crippen molar-refractivity contribution < 1.29 is 14.3 Å². The van der Waals surface area contributed by atoms with Gasteiger partial charge in [0.05, 0.1) is 5.60 Å². The fourth-order valence-electron chi connectivity index (χ4n) is 5.98. The van der Waals surface area contributed by atoms with Gasteiger partial charge >= 0.3 is 11.8 Å². The zero-order valence-corrected chi connectivity index (χ0v) is 16.5. The molecular weight excluding hydrogens is 340 g/mol. The van der Waals surface area contributed by atoms with E-state index >= 15 is 0 Å². The topological polar surface area (TPSA) is 67.4 Å². The Kier molecular flexibility index (Phi) is 4.75. The third kappa shape index (κ3) is 3.27. The van der Waals surface area contributed by atoms with Crippen molar-refractivity contribution in [3.8, 4) is 0 Å². The van der Waals surface area contributed by atoms with Crippen LogP contribution in [0.2, 0.25) is 0 Å². The van der Waals surface area contributed by atoms with Gasteiger partial charge in [0, 0.05) is 19.3 Å². The molecule has 5 rings (SSSR count). The van der Waals surface area contributed by atoms with E-state index in [0.717, 1.165) is 23.0 Å². The van der Waals surface area contributed by atoms with Crippen molar-refractivity contribution >= 4 is 17.5 Å². The maximum atomic E-state index is 12.4. The first-order chi connectivity index (χ1) is 12.9. The molecule has 5 nitrogen and oxygen atoms in total. The van der Waals surface area contributed by atoms with Crippen LogP contribution in [0.5, 0.6) is 0 Å². The first-order valence-corrected chi connectivity index (χ1v) is 10.1. The average Bonchev–Trinajstić information content (AvgIpc) is 2.64. The number of hydrogen-bond acceptors (Lipinski definition) is 3. The van der Waals surface area contributed by atoms with Gasteiger partial charge in [0.25, 0.3) is 0 Å². The molecule has 2 amide bonds. The second-order valence-corrected chi connectivity index (χ2v) is 8.90. The minimum Gasteiger partial charge on any atom is -0.376 e. The Morgan fingerprint density at radius 3 is 2.19 bits per heavy atom. The van der Waals surface area contributed by atoms with Gasteiger partial charge in [0.15, 0.2) is 0 Å². The second-order valence-electron chi connectivity index (χ2n) is 8.90. The zero-order valence-electron chi connectivity index (χ0n) is 16.5. The Labute approximate surface area is 161 Å². The number of amides is 2. The van der Waals surface area contributed by atoms with Crippen molar-refractivity contribution in [1.29, 1.82) is 0 Å². The monoisotopic (exact) mass is 370 g/mol. The summed E-state index contributed by atoms with van der Waals surface area (Å²) in [5.41, 5.74) is 2.58. The number of hydrogen-bond donors (Lipinski definition) is 2. The Morgan fingerprint density at radius 2 is 1.63 bits per heavy atom. The molecule has 1 aromatic carbocycles. The Bertz CT molecular complexity index is 730. The highest BCUT2D eigenvalue weighted by atomic mass is 16.5. The molecule has 0 aliphatic heterocycles. The van der Waals surface area contributed by atoms with Gasteiger partial charge in [-0.25, -0.2) is 0 Å². The highest BCUT2D eigenvalue weighted by Crippen LogP contribution is 2.59. The van der Waals surface area contributed by atoms with Gasteiger partial charge in [-0.15, -0.1) is 0 Å². The number of nitrogens with one attached hydrogen (secondary N) is 2. The Balaban J connectivity index is 1.39. The van der Waals surface area contributed by atoms with Crippen molar-refractivity contribution in [2.24, 2.45) is 23.7 Å². The molecule has 146 valence electrons. The molecular formula is C22H30N2O3. The molecule has 0 atom stereocenters. The third-order valence-corrected chi connectivity index (χ3v) is 7.40. The van der Waals surface area contributed by atoms with Crippen molar-refractivity contribution in [2.45, 2.75) is 51.6 Å². The molecule has 4 saturated carbocycles. The predicted molar refractivity (Wildman–Crippen MR) is 104 cm³/mol. The number of carbonyl (C=O) groups is 2. The highest BCUT2D eigenvalue weighted by Gasteiger charge is 2.57. The van der Waals surface area contributed by atoms with Crippen LogP contribution < -0.4 is 10.6 Å². The standard InChI is InChI=1S/C22H30N2O3/c1-13-4-5-19(6-14(13)2)24-21(26)20(25)23-12-22(27-3)17-8-15-7-16(10-17)11-18(22)9-15/h4-6,15-18H,7-12H2,1-3H3,(H,23,25)(H,24,26). The van der Waals surface area contributed by atoms with E-state index in [2.05, 4.69) is 10.6 Å². The van der Waals surface area contributed by atoms with E-state index in [4.69, 9.17) is 4.74 Å². The summed E-state index contributed by atoms with van der Waals surface area (Å²) in [7, 11) is 1.77. The molecule has 0 aromatic heterocycles. The van der Waals surface area contributed by atoms with E-state index in [1.54, 1.807) is 7.11 Å². The Morgan fingerprint density at radius 1 is 1.00 bits per heavy atom. The van der Waals surface area contributed by atoms with Crippen LogP contribution in [0.15, 0.2) is 18.2 Å². The average molecular weight is 370 g/mol. The van der Waals surface area contributed by atoms with E-state index in [0.29, 0.717) is 24.1 Å². The maximum absolute atomic E-state index is 12.4. The highest BCUT2D eigenvalue weighted by molar-refractivity contribution is 6.39. The summed E-state index contributed by atoms with van der Waals surface area (Å²) < 4.78 is 6.05. The number of methoxy groups -OCH3 is 1. The van der Waals surface area contributed by atoms with Crippen LogP contribution in [0.4, 0.5) is 5.69 Å². The van der Waals surface area contributed by atoms with Crippen LogP contribution in [-0.2, 0) is 14.3 Å². The molecule has 0 saturated heterocycles. The molecule has 0 unspecified atom stereocenters. The van der Waals surface area contributed by atoms with Gasteiger partial charge < -0.3 is 15.4 Å². The SMILES string of the molecule is COC1(CNC(=O)C(=O)Nc2ccc(C)c(C)c2)C2CC3CC(C2)CC1C3. The van der Waals surface area contributed by atoms with E-state index in [-0.39, 0.29) is 5.60 Å². The van der Waals surface area contributed by atoms with Gasteiger partial charge in [0.1, 0.15) is 0 Å². The fourth-order valence-corrected chi connectivity index (χ4v) is 5.98. The van der Waals surface area contributed by atoms with E-state index < -0.39 is 11.8 Å². The molecule has 4 fully saturated rings. The fraction of sp³-hybridized carbons (Fsp3) is 0.636. The first kappa shape index (κ1) is 18.5. The minimum absolute atomic E-state index is 0.302. The normalized spacial score (nSPS) is 33.7. The molecule has 4 aliphatic carbocycles. The van der Waals surface area contributed by atoms with Crippen LogP contribution >= 0.6 is 0 Å². The predicted octanol–water partition coefficient (Wildman–Crippen LogP) is 3.20. The Hall–Kier alpha value is -1.88. The van der Waals surface area contributed by atoms with Gasteiger partial charge in [-0.05, 0) is 92.9 Å². The van der Waals surface area contributed by atoms with Crippen LogP contribution in [-0.4, -0.2) is 31.1 Å². The number of anilines is 1. The van der Waals surface area contributed by atoms with Gasteiger partial charge in [0.2, 0.25) is 0 Å². The quantitative estimate of drug-likeness (QED) is 0.800. The van der Waals surface area contributed by atoms with Crippen molar-refractivity contribution in [1.82, 2.24) is 5.32 Å². The van der Waals surface area contributed by atoms with Crippen LogP contribution in [0.25, 0.3) is 0 Å². The molecule has 0 heterocycles. The van der Waals surface area contributed by atoms with Gasteiger partial charge in [-0.2, -0.15) is 0 Å². The summed E-state index contributed by atoms with van der Waals surface area (Å²) in [5.74, 6) is 1.47. The number of ether oxygens (including phenoxy) is 1. The lowest BCUT2D eigenvalue weighted by Gasteiger charge is -2.60. The van der Waals surface area contributed by atoms with Gasteiger partial charge in [-0.1, -0.05) is 6.07 Å². The van der Waals surface area contributed by atoms with Crippen molar-refractivity contribution in [2.75, 3.05) is 19.0 Å². The molecule has 4 aliphatic rings. The van der Waals surface area contributed by atoms with Gasteiger partial charge in [-0.3, -0.25) is 9.59 Å². The molecule has 0 radical (unpaired) electrons. The summed E-state index contributed by atoms with van der Waals surface area (Å²) in [6.45, 7) is 4.43. The lowest BCUT2D eigenvalue weighted by Crippen LogP contribution is -2.63. The smallest absolute Gasteiger partial charge is 0.313 e. The van der Waals surface area contributed by atoms with E-state index in [9.17, 15) is 9.59 Å². The second kappa shape index (κ2) is 6.93. The first-order valence-electron chi connectivity index (χ1n) is 10.1. The molecule has 4 bridgehead atoms. The van der Waals surface area contributed by atoms with E-state index in [1.807, 2.05) is 32.0 Å². The summed E-state index contributed by atoms with van der Waals surface area (Å²) >= 11 is 0. The van der Waals surface area contributed by atoms with E-state index in [1.165, 1.54) is 32.1 Å². The number of benzene rings is 1. The minimum atomic E-state index is -0.617. The molecule has 2 N–H and O–H groups in total. The summed E-state index contributed by atoms with van der Waals surface area (Å²) in [6, 6.07) is 5.65. The molecule has 0 spiro atoms.